The summed E-state index contributed by atoms with van der Waals surface area (Å²) < 4.78 is 5.77. The standard InChI is InChI=1S/C21H30O3/c1-13(2)18-11-8-15(4)12-19(18)24-21(23)16(5)20(22)17-9-6-14(3)7-10-17/h6-7,9-10,13,15,18-20,22H,5,8,11-12H2,1-4H3/t15-,18+,19-,20?/m1/s1. The van der Waals surface area contributed by atoms with Crippen molar-refractivity contribution in [1.82, 2.24) is 0 Å². The van der Waals surface area contributed by atoms with Crippen molar-refractivity contribution in [2.24, 2.45) is 17.8 Å². The van der Waals surface area contributed by atoms with E-state index < -0.39 is 12.1 Å². The van der Waals surface area contributed by atoms with E-state index in [-0.39, 0.29) is 11.7 Å². The fourth-order valence-electron chi connectivity index (χ4n) is 3.52. The van der Waals surface area contributed by atoms with Crippen LogP contribution in [0.2, 0.25) is 0 Å². The molecule has 24 heavy (non-hydrogen) atoms. The lowest BCUT2D eigenvalue weighted by molar-refractivity contribution is -0.152. The van der Waals surface area contributed by atoms with Gasteiger partial charge in [-0.15, -0.1) is 0 Å². The Kier molecular flexibility index (Phi) is 6.22. The smallest absolute Gasteiger partial charge is 0.336 e. The van der Waals surface area contributed by atoms with Gasteiger partial charge in [0.1, 0.15) is 12.2 Å². The number of aliphatic hydroxyl groups excluding tert-OH is 1. The van der Waals surface area contributed by atoms with E-state index in [2.05, 4.69) is 27.4 Å². The van der Waals surface area contributed by atoms with Crippen molar-refractivity contribution >= 4 is 5.97 Å². The van der Waals surface area contributed by atoms with Crippen LogP contribution in [0.4, 0.5) is 0 Å². The second kappa shape index (κ2) is 7.98. The van der Waals surface area contributed by atoms with Crippen molar-refractivity contribution in [2.75, 3.05) is 0 Å². The molecule has 1 saturated carbocycles. The zero-order chi connectivity index (χ0) is 17.9. The van der Waals surface area contributed by atoms with Gasteiger partial charge in [0.05, 0.1) is 5.57 Å². The first kappa shape index (κ1) is 18.7. The molecule has 1 N–H and O–H groups in total. The normalized spacial score (nSPS) is 25.3. The van der Waals surface area contributed by atoms with E-state index in [9.17, 15) is 9.90 Å². The molecule has 1 fully saturated rings. The molecule has 0 aliphatic heterocycles. The van der Waals surface area contributed by atoms with Crippen LogP contribution in [-0.2, 0) is 9.53 Å². The van der Waals surface area contributed by atoms with E-state index in [1.165, 1.54) is 6.42 Å². The average Bonchev–Trinajstić information content (AvgIpc) is 2.54. The highest BCUT2D eigenvalue weighted by Gasteiger charge is 2.34. The van der Waals surface area contributed by atoms with Gasteiger partial charge in [-0.3, -0.25) is 0 Å². The Labute approximate surface area is 145 Å². The number of benzene rings is 1. The Morgan fingerprint density at radius 3 is 2.46 bits per heavy atom. The molecule has 132 valence electrons. The van der Waals surface area contributed by atoms with Gasteiger partial charge in [0.2, 0.25) is 0 Å². The van der Waals surface area contributed by atoms with Gasteiger partial charge in [-0.2, -0.15) is 0 Å². The zero-order valence-corrected chi connectivity index (χ0v) is 15.3. The van der Waals surface area contributed by atoms with Crippen molar-refractivity contribution in [2.45, 2.75) is 59.2 Å². The molecule has 1 aliphatic rings. The molecule has 3 nitrogen and oxygen atoms in total. The van der Waals surface area contributed by atoms with E-state index in [1.807, 2.05) is 31.2 Å². The fraction of sp³-hybridized carbons (Fsp3) is 0.571. The van der Waals surface area contributed by atoms with Gasteiger partial charge in [0, 0.05) is 0 Å². The third-order valence-corrected chi connectivity index (χ3v) is 5.21. The lowest BCUT2D eigenvalue weighted by atomic mass is 9.75. The largest absolute Gasteiger partial charge is 0.459 e. The first-order valence-electron chi connectivity index (χ1n) is 8.94. The van der Waals surface area contributed by atoms with Crippen molar-refractivity contribution in [3.63, 3.8) is 0 Å². The summed E-state index contributed by atoms with van der Waals surface area (Å²) in [5.41, 5.74) is 1.88. The van der Waals surface area contributed by atoms with Crippen LogP contribution in [0.25, 0.3) is 0 Å². The Morgan fingerprint density at radius 1 is 1.25 bits per heavy atom. The maximum Gasteiger partial charge on any atom is 0.336 e. The van der Waals surface area contributed by atoms with Gasteiger partial charge < -0.3 is 9.84 Å². The highest BCUT2D eigenvalue weighted by atomic mass is 16.5. The predicted molar refractivity (Wildman–Crippen MR) is 96.5 cm³/mol. The molecule has 2 rings (SSSR count). The maximum absolute atomic E-state index is 12.5. The highest BCUT2D eigenvalue weighted by molar-refractivity contribution is 5.89. The van der Waals surface area contributed by atoms with E-state index >= 15 is 0 Å². The average molecular weight is 330 g/mol. The molecule has 0 heterocycles. The van der Waals surface area contributed by atoms with Gasteiger partial charge in [0.25, 0.3) is 0 Å². The summed E-state index contributed by atoms with van der Waals surface area (Å²) in [6.45, 7) is 12.3. The predicted octanol–water partition coefficient (Wildman–Crippen LogP) is 4.59. The molecule has 0 amide bonds. The summed E-state index contributed by atoms with van der Waals surface area (Å²) in [4.78, 5) is 12.5. The number of aliphatic hydroxyl groups is 1. The van der Waals surface area contributed by atoms with E-state index in [1.54, 1.807) is 0 Å². The maximum atomic E-state index is 12.5. The van der Waals surface area contributed by atoms with Crippen molar-refractivity contribution < 1.29 is 14.6 Å². The SMILES string of the molecule is C=C(C(=O)O[C@@H]1C[C@H](C)CC[C@H]1C(C)C)C(O)c1ccc(C)cc1. The Morgan fingerprint density at radius 2 is 1.88 bits per heavy atom. The summed E-state index contributed by atoms with van der Waals surface area (Å²) in [5.74, 6) is 0.945. The quantitative estimate of drug-likeness (QED) is 0.634. The molecule has 1 unspecified atom stereocenters. The van der Waals surface area contributed by atoms with Gasteiger partial charge in [-0.25, -0.2) is 4.79 Å². The lowest BCUT2D eigenvalue weighted by Gasteiger charge is -2.37. The van der Waals surface area contributed by atoms with Crippen LogP contribution in [0.15, 0.2) is 36.4 Å². The van der Waals surface area contributed by atoms with E-state index in [0.717, 1.165) is 18.4 Å². The second-order valence-corrected chi connectivity index (χ2v) is 7.61. The Balaban J connectivity index is 2.04. The summed E-state index contributed by atoms with van der Waals surface area (Å²) in [6, 6.07) is 7.46. The Hall–Kier alpha value is -1.61. The summed E-state index contributed by atoms with van der Waals surface area (Å²) >= 11 is 0. The minimum atomic E-state index is -1.02. The molecule has 4 atom stereocenters. The summed E-state index contributed by atoms with van der Waals surface area (Å²) in [7, 11) is 0. The van der Waals surface area contributed by atoms with Crippen molar-refractivity contribution in [1.29, 1.82) is 0 Å². The number of esters is 1. The number of aryl methyl sites for hydroxylation is 1. The molecule has 0 spiro atoms. The van der Waals surface area contributed by atoms with Crippen LogP contribution in [0.5, 0.6) is 0 Å². The molecule has 0 bridgehead atoms. The number of rotatable bonds is 5. The fourth-order valence-corrected chi connectivity index (χ4v) is 3.52. The molecule has 1 aromatic carbocycles. The van der Waals surface area contributed by atoms with Gasteiger partial charge in [-0.1, -0.05) is 63.6 Å². The minimum Gasteiger partial charge on any atom is -0.459 e. The number of hydrogen-bond acceptors (Lipinski definition) is 3. The minimum absolute atomic E-state index is 0.0804. The van der Waals surface area contributed by atoms with Crippen LogP contribution in [-0.4, -0.2) is 17.2 Å². The van der Waals surface area contributed by atoms with E-state index in [0.29, 0.717) is 23.3 Å². The first-order chi connectivity index (χ1) is 11.3. The second-order valence-electron chi connectivity index (χ2n) is 7.61. The molecule has 1 aromatic rings. The van der Waals surface area contributed by atoms with E-state index in [4.69, 9.17) is 4.74 Å². The number of ether oxygens (including phenoxy) is 1. The summed E-state index contributed by atoms with van der Waals surface area (Å²) in [6.07, 6.45) is 2.07. The highest BCUT2D eigenvalue weighted by Crippen LogP contribution is 2.36. The lowest BCUT2D eigenvalue weighted by Crippen LogP contribution is -2.36. The zero-order valence-electron chi connectivity index (χ0n) is 15.3. The number of carbonyl (C=O) groups excluding carboxylic acids is 1. The van der Waals surface area contributed by atoms with Crippen LogP contribution in [0.3, 0.4) is 0 Å². The third kappa shape index (κ3) is 4.47. The Bertz CT molecular complexity index is 573. The molecular formula is C21H30O3. The monoisotopic (exact) mass is 330 g/mol. The molecule has 0 saturated heterocycles. The van der Waals surface area contributed by atoms with Crippen molar-refractivity contribution in [3.05, 3.63) is 47.5 Å². The van der Waals surface area contributed by atoms with Gasteiger partial charge in [0.15, 0.2) is 0 Å². The van der Waals surface area contributed by atoms with Crippen LogP contribution in [0.1, 0.15) is 57.3 Å². The van der Waals surface area contributed by atoms with Crippen molar-refractivity contribution in [3.8, 4) is 0 Å². The molecule has 0 radical (unpaired) electrons. The van der Waals surface area contributed by atoms with Crippen LogP contribution >= 0.6 is 0 Å². The molecule has 1 aliphatic carbocycles. The molecule has 0 aromatic heterocycles. The summed E-state index contributed by atoms with van der Waals surface area (Å²) in [5, 5.41) is 10.4. The molecule has 3 heteroatoms. The molecular weight excluding hydrogens is 300 g/mol. The third-order valence-electron chi connectivity index (χ3n) is 5.21. The van der Waals surface area contributed by atoms with Gasteiger partial charge in [-0.05, 0) is 43.1 Å². The van der Waals surface area contributed by atoms with Gasteiger partial charge >= 0.3 is 5.97 Å². The van der Waals surface area contributed by atoms with Crippen LogP contribution < -0.4 is 0 Å². The first-order valence-corrected chi connectivity index (χ1v) is 8.94. The number of hydrogen-bond donors (Lipinski definition) is 1. The van der Waals surface area contributed by atoms with Crippen LogP contribution in [0, 0.1) is 24.7 Å². The number of carbonyl (C=O) groups is 1. The topological polar surface area (TPSA) is 46.5 Å².